The van der Waals surface area contributed by atoms with Gasteiger partial charge in [-0.15, -0.1) is 0 Å². The van der Waals surface area contributed by atoms with E-state index in [0.29, 0.717) is 24.6 Å². The molecule has 1 fully saturated rings. The highest BCUT2D eigenvalue weighted by atomic mass is 32.2. The summed E-state index contributed by atoms with van der Waals surface area (Å²) >= 11 is 6.65. The number of ether oxygens (including phenoxy) is 1. The predicted molar refractivity (Wildman–Crippen MR) is 115 cm³/mol. The topological polar surface area (TPSA) is 49.9 Å². The zero-order chi connectivity index (χ0) is 19.6. The molecule has 0 bridgehead atoms. The number of rotatable bonds is 10. The molecule has 0 radical (unpaired) electrons. The van der Waals surface area contributed by atoms with Crippen molar-refractivity contribution in [3.8, 4) is 0 Å². The van der Waals surface area contributed by atoms with Gasteiger partial charge in [-0.3, -0.25) is 14.5 Å². The lowest BCUT2D eigenvalue weighted by Crippen LogP contribution is -2.27. The van der Waals surface area contributed by atoms with Crippen LogP contribution in [0.1, 0.15) is 31.2 Å². The van der Waals surface area contributed by atoms with E-state index in [-0.39, 0.29) is 11.2 Å². The standard InChI is InChI=1S/C20H26N2O3S2/c1-21(2)13-14-25-18(23)11-7-4-8-12-22-19(26)17(27-20(22)24)15-16-9-5-3-6-10-16/h3,5-6,9-10,15H,4,7-8,11-14H2,1-2H3. The van der Waals surface area contributed by atoms with Crippen LogP contribution in [0.2, 0.25) is 0 Å². The van der Waals surface area contributed by atoms with Crippen molar-refractivity contribution in [2.24, 2.45) is 0 Å². The van der Waals surface area contributed by atoms with Gasteiger partial charge in [0.15, 0.2) is 0 Å². The highest BCUT2D eigenvalue weighted by Gasteiger charge is 2.30. The molecule has 2 rings (SSSR count). The number of hydrogen-bond acceptors (Lipinski definition) is 6. The van der Waals surface area contributed by atoms with Crippen molar-refractivity contribution < 1.29 is 14.3 Å². The highest BCUT2D eigenvalue weighted by molar-refractivity contribution is 8.19. The summed E-state index contributed by atoms with van der Waals surface area (Å²) in [4.78, 5) is 28.9. The van der Waals surface area contributed by atoms with Crippen LogP contribution in [0.4, 0.5) is 4.79 Å². The molecular weight excluding hydrogens is 380 g/mol. The van der Waals surface area contributed by atoms with Crippen LogP contribution in [0.5, 0.6) is 0 Å². The summed E-state index contributed by atoms with van der Waals surface area (Å²) in [5, 5.41) is -0.0229. The molecule has 7 heteroatoms. The van der Waals surface area contributed by atoms with Gasteiger partial charge in [0.1, 0.15) is 11.6 Å². The Labute approximate surface area is 170 Å². The van der Waals surface area contributed by atoms with Crippen LogP contribution < -0.4 is 0 Å². The van der Waals surface area contributed by atoms with E-state index in [9.17, 15) is 9.59 Å². The molecule has 0 aliphatic carbocycles. The Balaban J connectivity index is 1.69. The Kier molecular flexibility index (Phi) is 8.97. The van der Waals surface area contributed by atoms with Crippen LogP contribution in [-0.2, 0) is 9.53 Å². The van der Waals surface area contributed by atoms with Gasteiger partial charge in [0.05, 0.1) is 4.91 Å². The van der Waals surface area contributed by atoms with Gasteiger partial charge in [-0.25, -0.2) is 0 Å². The summed E-state index contributed by atoms with van der Waals surface area (Å²) in [5.41, 5.74) is 1.03. The SMILES string of the molecule is CN(C)CCOC(=O)CCCCCN1C(=O)SC(=Cc2ccccc2)C1=S. The average molecular weight is 407 g/mol. The van der Waals surface area contributed by atoms with Gasteiger partial charge in [0, 0.05) is 19.5 Å². The summed E-state index contributed by atoms with van der Waals surface area (Å²) in [6.45, 7) is 1.75. The van der Waals surface area contributed by atoms with E-state index < -0.39 is 0 Å². The van der Waals surface area contributed by atoms with Crippen LogP contribution >= 0.6 is 24.0 Å². The molecule has 1 aliphatic heterocycles. The second kappa shape index (κ2) is 11.2. The maximum Gasteiger partial charge on any atom is 0.305 e. The molecule has 1 aliphatic rings. The number of carbonyl (C=O) groups is 2. The molecule has 146 valence electrons. The molecule has 0 spiro atoms. The summed E-state index contributed by atoms with van der Waals surface area (Å²) in [7, 11) is 3.88. The third-order valence-corrected chi connectivity index (χ3v) is 5.53. The molecule has 27 heavy (non-hydrogen) atoms. The summed E-state index contributed by atoms with van der Waals surface area (Å²) in [5.74, 6) is -0.159. The molecule has 1 saturated heterocycles. The smallest absolute Gasteiger partial charge is 0.305 e. The predicted octanol–water partition coefficient (Wildman–Crippen LogP) is 4.19. The monoisotopic (exact) mass is 406 g/mol. The molecule has 0 unspecified atom stereocenters. The van der Waals surface area contributed by atoms with Crippen molar-refractivity contribution in [1.82, 2.24) is 9.80 Å². The van der Waals surface area contributed by atoms with Crippen LogP contribution in [0.25, 0.3) is 6.08 Å². The maximum atomic E-state index is 12.2. The van der Waals surface area contributed by atoms with Crippen molar-refractivity contribution in [1.29, 1.82) is 0 Å². The van der Waals surface area contributed by atoms with Gasteiger partial charge in [-0.05, 0) is 50.3 Å². The number of hydrogen-bond donors (Lipinski definition) is 0. The molecule has 0 aromatic heterocycles. The first-order valence-electron chi connectivity index (χ1n) is 9.08. The lowest BCUT2D eigenvalue weighted by molar-refractivity contribution is -0.144. The van der Waals surface area contributed by atoms with E-state index in [1.54, 1.807) is 4.90 Å². The van der Waals surface area contributed by atoms with Gasteiger partial charge in [-0.1, -0.05) is 49.0 Å². The van der Waals surface area contributed by atoms with E-state index in [4.69, 9.17) is 17.0 Å². The Morgan fingerprint density at radius 3 is 2.67 bits per heavy atom. The fraction of sp³-hybridized carbons (Fsp3) is 0.450. The quantitative estimate of drug-likeness (QED) is 0.251. The number of unbranched alkanes of at least 4 members (excludes halogenated alkanes) is 2. The number of thioether (sulfide) groups is 1. The Hall–Kier alpha value is -1.70. The molecule has 0 N–H and O–H groups in total. The normalized spacial score (nSPS) is 15.8. The van der Waals surface area contributed by atoms with Gasteiger partial charge in [-0.2, -0.15) is 0 Å². The van der Waals surface area contributed by atoms with Gasteiger partial charge >= 0.3 is 5.97 Å². The van der Waals surface area contributed by atoms with E-state index in [1.165, 1.54) is 11.8 Å². The first kappa shape index (κ1) is 21.6. The first-order chi connectivity index (χ1) is 13.0. The van der Waals surface area contributed by atoms with Crippen LogP contribution in [0.3, 0.4) is 0 Å². The fourth-order valence-corrected chi connectivity index (χ4v) is 3.81. The van der Waals surface area contributed by atoms with E-state index >= 15 is 0 Å². The van der Waals surface area contributed by atoms with Crippen molar-refractivity contribution in [2.45, 2.75) is 25.7 Å². The zero-order valence-electron chi connectivity index (χ0n) is 15.8. The molecule has 5 nitrogen and oxygen atoms in total. The second-order valence-electron chi connectivity index (χ2n) is 6.58. The Morgan fingerprint density at radius 2 is 1.96 bits per heavy atom. The van der Waals surface area contributed by atoms with E-state index in [0.717, 1.165) is 36.3 Å². The van der Waals surface area contributed by atoms with Crippen LogP contribution in [-0.4, -0.2) is 59.8 Å². The molecule has 1 aromatic carbocycles. The molecular formula is C20H26N2O3S2. The molecule has 1 aromatic rings. The van der Waals surface area contributed by atoms with Gasteiger partial charge < -0.3 is 9.64 Å². The van der Waals surface area contributed by atoms with Crippen LogP contribution in [0, 0.1) is 0 Å². The number of benzene rings is 1. The molecule has 1 amide bonds. The van der Waals surface area contributed by atoms with Crippen molar-refractivity contribution in [3.63, 3.8) is 0 Å². The number of nitrogens with zero attached hydrogens (tertiary/aromatic N) is 2. The Morgan fingerprint density at radius 1 is 1.22 bits per heavy atom. The van der Waals surface area contributed by atoms with Crippen LogP contribution in [0.15, 0.2) is 35.2 Å². The number of carbonyl (C=O) groups excluding carboxylic acids is 2. The second-order valence-corrected chi connectivity index (χ2v) is 7.96. The first-order valence-corrected chi connectivity index (χ1v) is 10.3. The van der Waals surface area contributed by atoms with Gasteiger partial charge in [0.2, 0.25) is 0 Å². The fourth-order valence-electron chi connectivity index (χ4n) is 2.52. The minimum atomic E-state index is -0.159. The molecule has 0 atom stereocenters. The number of esters is 1. The van der Waals surface area contributed by atoms with Crippen molar-refractivity contribution in [2.75, 3.05) is 33.8 Å². The van der Waals surface area contributed by atoms with E-state index in [1.807, 2.05) is 55.4 Å². The van der Waals surface area contributed by atoms with Crippen molar-refractivity contribution in [3.05, 3.63) is 40.8 Å². The zero-order valence-corrected chi connectivity index (χ0v) is 17.5. The number of thiocarbonyl (C=S) groups is 1. The lowest BCUT2D eigenvalue weighted by atomic mass is 10.2. The highest BCUT2D eigenvalue weighted by Crippen LogP contribution is 2.33. The van der Waals surface area contributed by atoms with E-state index in [2.05, 4.69) is 0 Å². The molecule has 0 saturated carbocycles. The lowest BCUT2D eigenvalue weighted by Gasteiger charge is -2.14. The summed E-state index contributed by atoms with van der Waals surface area (Å²) in [6, 6.07) is 9.85. The Bertz CT molecular complexity index is 690. The average Bonchev–Trinajstić information content (AvgIpc) is 2.89. The number of amides is 1. The maximum absolute atomic E-state index is 12.2. The third-order valence-electron chi connectivity index (χ3n) is 4.04. The van der Waals surface area contributed by atoms with Gasteiger partial charge in [0.25, 0.3) is 5.24 Å². The number of likely N-dealkylation sites (N-methyl/N-ethyl adjacent to an activating group) is 1. The largest absolute Gasteiger partial charge is 0.464 e. The summed E-state index contributed by atoms with van der Waals surface area (Å²) < 4.78 is 5.16. The minimum absolute atomic E-state index is 0.0229. The molecule has 1 heterocycles. The third kappa shape index (κ3) is 7.44. The van der Waals surface area contributed by atoms with Crippen molar-refractivity contribution >= 4 is 46.3 Å². The summed E-state index contributed by atoms with van der Waals surface area (Å²) in [6.07, 6.45) is 4.80. The minimum Gasteiger partial charge on any atom is -0.464 e.